The van der Waals surface area contributed by atoms with E-state index in [0.29, 0.717) is 26.0 Å². The smallest absolute Gasteiger partial charge is 0.327 e. The number of hydrogen-bond donors (Lipinski definition) is 0. The van der Waals surface area contributed by atoms with Crippen LogP contribution in [-0.4, -0.2) is 81.3 Å². The zero-order chi connectivity index (χ0) is 19.0. The van der Waals surface area contributed by atoms with E-state index in [0.717, 1.165) is 30.7 Å². The molecular weight excluding hydrogens is 366 g/mol. The summed E-state index contributed by atoms with van der Waals surface area (Å²) < 4.78 is 13.7. The summed E-state index contributed by atoms with van der Waals surface area (Å²) in [5.41, 5.74) is 2.32. The van der Waals surface area contributed by atoms with E-state index in [2.05, 4.69) is 25.8 Å². The van der Waals surface area contributed by atoms with Gasteiger partial charge in [-0.05, 0) is 30.5 Å². The number of rotatable bonds is 5. The Morgan fingerprint density at radius 1 is 1.19 bits per heavy atom. The van der Waals surface area contributed by atoms with Gasteiger partial charge in [0.2, 0.25) is 0 Å². The van der Waals surface area contributed by atoms with Crippen molar-refractivity contribution in [1.29, 1.82) is 0 Å². The van der Waals surface area contributed by atoms with Gasteiger partial charge in [0.15, 0.2) is 0 Å². The van der Waals surface area contributed by atoms with Gasteiger partial charge in [0.05, 0.1) is 18.3 Å². The van der Waals surface area contributed by atoms with Gasteiger partial charge in [0.1, 0.15) is 16.6 Å². The van der Waals surface area contributed by atoms with Crippen LogP contribution in [0.3, 0.4) is 0 Å². The van der Waals surface area contributed by atoms with E-state index in [-0.39, 0.29) is 11.9 Å². The highest BCUT2D eigenvalue weighted by Gasteiger charge is 2.56. The topological polar surface area (TPSA) is 78.9 Å². The third-order valence-electron chi connectivity index (χ3n) is 5.66. The van der Waals surface area contributed by atoms with Gasteiger partial charge >= 0.3 is 6.03 Å². The molecule has 0 radical (unpaired) electrons. The molecule has 27 heavy (non-hydrogen) atoms. The third kappa shape index (κ3) is 3.09. The summed E-state index contributed by atoms with van der Waals surface area (Å²) in [4.78, 5) is 30.7. The molecule has 1 spiro atoms. The second kappa shape index (κ2) is 7.14. The molecular formula is C18H23N5O3S. The molecule has 2 fully saturated rings. The molecule has 0 unspecified atom stereocenters. The number of benzene rings is 1. The lowest BCUT2D eigenvalue weighted by atomic mass is 9.85. The van der Waals surface area contributed by atoms with Crippen molar-refractivity contribution in [2.75, 3.05) is 40.4 Å². The van der Waals surface area contributed by atoms with E-state index >= 15 is 0 Å². The Labute approximate surface area is 162 Å². The molecule has 144 valence electrons. The number of amides is 3. The molecule has 4 rings (SSSR count). The lowest BCUT2D eigenvalue weighted by Gasteiger charge is -2.42. The van der Waals surface area contributed by atoms with E-state index in [4.69, 9.17) is 4.74 Å². The standard InChI is InChI=1S/C18H23N5O3S/c1-21-16(24)18(23(17(21)25)9-10-26-2)5-7-22(8-6-18)12-13-3-4-14-15(11-13)20-27-19-14/h3-4,11H,5-10,12H2,1-2H3. The Morgan fingerprint density at radius 3 is 2.67 bits per heavy atom. The Morgan fingerprint density at radius 2 is 1.93 bits per heavy atom. The molecule has 8 nitrogen and oxygen atoms in total. The molecule has 0 bridgehead atoms. The molecule has 3 heterocycles. The first-order valence-electron chi connectivity index (χ1n) is 9.07. The Bertz CT molecular complexity index is 862. The van der Waals surface area contributed by atoms with Crippen molar-refractivity contribution >= 4 is 34.7 Å². The summed E-state index contributed by atoms with van der Waals surface area (Å²) in [6.07, 6.45) is 1.29. The maximum atomic E-state index is 12.8. The molecule has 1 aromatic carbocycles. The van der Waals surface area contributed by atoms with Crippen molar-refractivity contribution in [3.8, 4) is 0 Å². The second-order valence-electron chi connectivity index (χ2n) is 7.19. The zero-order valence-electron chi connectivity index (χ0n) is 15.6. The van der Waals surface area contributed by atoms with E-state index in [1.807, 2.05) is 6.07 Å². The number of aromatic nitrogens is 2. The highest BCUT2D eigenvalue weighted by atomic mass is 32.1. The minimum absolute atomic E-state index is 0.0850. The van der Waals surface area contributed by atoms with Gasteiger partial charge in [0, 0.05) is 40.3 Å². The first kappa shape index (κ1) is 18.3. The number of ether oxygens (including phenoxy) is 1. The van der Waals surface area contributed by atoms with Gasteiger partial charge in [-0.2, -0.15) is 8.75 Å². The first-order valence-corrected chi connectivity index (χ1v) is 9.80. The molecule has 0 saturated carbocycles. The van der Waals surface area contributed by atoms with Gasteiger partial charge in [-0.15, -0.1) is 0 Å². The van der Waals surface area contributed by atoms with Crippen molar-refractivity contribution in [2.45, 2.75) is 24.9 Å². The molecule has 0 N–H and O–H groups in total. The largest absolute Gasteiger partial charge is 0.383 e. The second-order valence-corrected chi connectivity index (χ2v) is 7.71. The van der Waals surface area contributed by atoms with E-state index in [1.165, 1.54) is 22.2 Å². The number of methoxy groups -OCH3 is 1. The maximum absolute atomic E-state index is 12.8. The molecule has 3 amide bonds. The van der Waals surface area contributed by atoms with Crippen LogP contribution >= 0.6 is 11.7 Å². The fourth-order valence-electron chi connectivity index (χ4n) is 4.12. The SMILES string of the molecule is COCCN1C(=O)N(C)C(=O)C12CCN(Cc1ccc3nsnc3c1)CC2. The lowest BCUT2D eigenvalue weighted by molar-refractivity contribution is -0.135. The number of likely N-dealkylation sites (tertiary alicyclic amines) is 1. The van der Waals surface area contributed by atoms with Gasteiger partial charge < -0.3 is 9.64 Å². The zero-order valence-corrected chi connectivity index (χ0v) is 16.4. The summed E-state index contributed by atoms with van der Waals surface area (Å²) in [6, 6.07) is 5.94. The molecule has 1 aromatic heterocycles. The van der Waals surface area contributed by atoms with E-state index < -0.39 is 5.54 Å². The van der Waals surface area contributed by atoms with Crippen LogP contribution in [-0.2, 0) is 16.1 Å². The van der Waals surface area contributed by atoms with Gasteiger partial charge in [-0.3, -0.25) is 14.6 Å². The fraction of sp³-hybridized carbons (Fsp3) is 0.556. The summed E-state index contributed by atoms with van der Waals surface area (Å²) >= 11 is 1.22. The van der Waals surface area contributed by atoms with Crippen LogP contribution in [0.4, 0.5) is 4.79 Å². The monoisotopic (exact) mass is 389 g/mol. The number of urea groups is 1. The van der Waals surface area contributed by atoms with Crippen LogP contribution in [0, 0.1) is 0 Å². The van der Waals surface area contributed by atoms with E-state index in [9.17, 15) is 9.59 Å². The first-order chi connectivity index (χ1) is 13.0. The molecule has 2 aromatic rings. The van der Waals surface area contributed by atoms with Crippen LogP contribution in [0.2, 0.25) is 0 Å². The van der Waals surface area contributed by atoms with Crippen molar-refractivity contribution in [3.05, 3.63) is 23.8 Å². The summed E-state index contributed by atoms with van der Waals surface area (Å²) in [5, 5.41) is 0. The number of carbonyl (C=O) groups excluding carboxylic acids is 2. The van der Waals surface area contributed by atoms with Crippen molar-refractivity contribution in [2.24, 2.45) is 0 Å². The number of piperidine rings is 1. The third-order valence-corrected chi connectivity index (χ3v) is 6.22. The number of fused-ring (bicyclic) bond motifs is 1. The quantitative estimate of drug-likeness (QED) is 0.723. The van der Waals surface area contributed by atoms with Crippen LogP contribution in [0.15, 0.2) is 18.2 Å². The number of likely N-dealkylation sites (N-methyl/N-ethyl adjacent to an activating group) is 1. The highest BCUT2D eigenvalue weighted by molar-refractivity contribution is 7.00. The van der Waals surface area contributed by atoms with Gasteiger partial charge in [-0.25, -0.2) is 4.79 Å². The Balaban J connectivity index is 1.46. The highest BCUT2D eigenvalue weighted by Crippen LogP contribution is 2.36. The molecule has 0 atom stereocenters. The molecule has 2 saturated heterocycles. The average molecular weight is 389 g/mol. The number of carbonyl (C=O) groups is 2. The predicted octanol–water partition coefficient (Wildman–Crippen LogP) is 1.57. The van der Waals surface area contributed by atoms with Crippen molar-refractivity contribution in [3.63, 3.8) is 0 Å². The van der Waals surface area contributed by atoms with Crippen LogP contribution in [0.25, 0.3) is 11.0 Å². The Kier molecular flexibility index (Phi) is 4.83. The van der Waals surface area contributed by atoms with Crippen molar-refractivity contribution < 1.29 is 14.3 Å². The number of imide groups is 1. The molecule has 2 aliphatic rings. The molecule has 2 aliphatic heterocycles. The fourth-order valence-corrected chi connectivity index (χ4v) is 4.64. The summed E-state index contributed by atoms with van der Waals surface area (Å²) in [5.74, 6) is -0.0850. The molecule has 9 heteroatoms. The minimum Gasteiger partial charge on any atom is -0.383 e. The van der Waals surface area contributed by atoms with Crippen LogP contribution < -0.4 is 0 Å². The van der Waals surface area contributed by atoms with Crippen molar-refractivity contribution in [1.82, 2.24) is 23.4 Å². The normalized spacial score (nSPS) is 20.4. The lowest BCUT2D eigenvalue weighted by Crippen LogP contribution is -2.57. The summed E-state index contributed by atoms with van der Waals surface area (Å²) in [6.45, 7) is 3.21. The van der Waals surface area contributed by atoms with Gasteiger partial charge in [0.25, 0.3) is 5.91 Å². The minimum atomic E-state index is -0.719. The predicted molar refractivity (Wildman–Crippen MR) is 101 cm³/mol. The maximum Gasteiger partial charge on any atom is 0.327 e. The van der Waals surface area contributed by atoms with Crippen LogP contribution in [0.5, 0.6) is 0 Å². The molecule has 0 aliphatic carbocycles. The Hall–Kier alpha value is -2.10. The van der Waals surface area contributed by atoms with Gasteiger partial charge in [-0.1, -0.05) is 6.07 Å². The average Bonchev–Trinajstić information content (AvgIpc) is 3.21. The van der Waals surface area contributed by atoms with Crippen LogP contribution in [0.1, 0.15) is 18.4 Å². The van der Waals surface area contributed by atoms with E-state index in [1.54, 1.807) is 19.1 Å². The number of nitrogens with zero attached hydrogens (tertiary/aromatic N) is 5. The summed E-state index contributed by atoms with van der Waals surface area (Å²) in [7, 11) is 3.18. The number of hydrogen-bond acceptors (Lipinski definition) is 7.